The van der Waals surface area contributed by atoms with Gasteiger partial charge in [-0.3, -0.25) is 0 Å². The lowest BCUT2D eigenvalue weighted by Crippen LogP contribution is -2.19. The molecule has 2 heterocycles. The third-order valence-corrected chi connectivity index (χ3v) is 2.34. The van der Waals surface area contributed by atoms with E-state index >= 15 is 0 Å². The van der Waals surface area contributed by atoms with Crippen molar-refractivity contribution < 1.29 is 14.3 Å². The highest BCUT2D eigenvalue weighted by molar-refractivity contribution is 6.28. The van der Waals surface area contributed by atoms with Crippen LogP contribution in [0.5, 0.6) is 0 Å². The molecule has 2 rings (SSSR count). The second-order valence-electron chi connectivity index (χ2n) is 3.06. The Hall–Kier alpha value is -1.20. The van der Waals surface area contributed by atoms with Crippen LogP contribution in [0.3, 0.4) is 0 Å². The fourth-order valence-electron chi connectivity index (χ4n) is 1.47. The molecule has 0 unspecified atom stereocenters. The number of aromatic nitrogens is 2. The zero-order valence-corrected chi connectivity index (χ0v) is 8.87. The summed E-state index contributed by atoms with van der Waals surface area (Å²) in [6.45, 7) is 0.915. The molecule has 15 heavy (non-hydrogen) atoms. The number of methoxy groups -OCH3 is 1. The highest BCUT2D eigenvalue weighted by Gasteiger charge is 2.22. The van der Waals surface area contributed by atoms with Gasteiger partial charge in [0, 0.05) is 12.0 Å². The predicted octanol–water partition coefficient (Wildman–Crippen LogP) is 0.989. The van der Waals surface area contributed by atoms with E-state index in [1.54, 1.807) is 0 Å². The number of hydrogen-bond acceptors (Lipinski definition) is 5. The van der Waals surface area contributed by atoms with Gasteiger partial charge in [-0.2, -0.15) is 0 Å². The average molecular weight is 229 g/mol. The van der Waals surface area contributed by atoms with Crippen LogP contribution in [0.25, 0.3) is 0 Å². The van der Waals surface area contributed by atoms with Gasteiger partial charge in [0.2, 0.25) is 5.28 Å². The number of carbonyl (C=O) groups excluding carboxylic acids is 1. The monoisotopic (exact) mass is 228 g/mol. The summed E-state index contributed by atoms with van der Waals surface area (Å²) in [6, 6.07) is 0. The van der Waals surface area contributed by atoms with Crippen molar-refractivity contribution in [2.24, 2.45) is 0 Å². The van der Waals surface area contributed by atoms with Crippen LogP contribution in [-0.2, 0) is 22.5 Å². The van der Waals surface area contributed by atoms with Gasteiger partial charge in [0.05, 0.1) is 26.0 Å². The average Bonchev–Trinajstić information content (AvgIpc) is 2.26. The van der Waals surface area contributed by atoms with Crippen molar-refractivity contribution in [3.05, 3.63) is 22.2 Å². The third kappa shape index (κ3) is 1.93. The second-order valence-corrected chi connectivity index (χ2v) is 3.40. The van der Waals surface area contributed by atoms with Crippen LogP contribution in [0.2, 0.25) is 5.28 Å². The van der Waals surface area contributed by atoms with Crippen LogP contribution in [-0.4, -0.2) is 29.7 Å². The number of fused-ring (bicyclic) bond motifs is 1. The topological polar surface area (TPSA) is 61.3 Å². The molecule has 0 aliphatic carbocycles. The number of ether oxygens (including phenoxy) is 2. The summed E-state index contributed by atoms with van der Waals surface area (Å²) in [5.41, 5.74) is 1.64. The Bertz CT molecular complexity index is 409. The molecule has 80 valence electrons. The molecule has 0 fully saturated rings. The molecular formula is C9H9ClN2O3. The van der Waals surface area contributed by atoms with Crippen molar-refractivity contribution in [3.8, 4) is 0 Å². The Balaban J connectivity index is 2.52. The molecule has 0 N–H and O–H groups in total. The fraction of sp³-hybridized carbons (Fsp3) is 0.444. The highest BCUT2D eigenvalue weighted by atomic mass is 35.5. The summed E-state index contributed by atoms with van der Waals surface area (Å²) >= 11 is 5.71. The van der Waals surface area contributed by atoms with E-state index in [4.69, 9.17) is 16.3 Å². The van der Waals surface area contributed by atoms with Crippen LogP contribution >= 0.6 is 11.6 Å². The number of rotatable bonds is 1. The molecule has 1 aromatic rings. The summed E-state index contributed by atoms with van der Waals surface area (Å²) in [5, 5.41) is 0.0658. The van der Waals surface area contributed by atoms with Gasteiger partial charge in [0.15, 0.2) is 5.69 Å². The van der Waals surface area contributed by atoms with Gasteiger partial charge in [0.1, 0.15) is 0 Å². The number of halogens is 1. The van der Waals surface area contributed by atoms with E-state index in [1.165, 1.54) is 7.11 Å². The SMILES string of the molecule is COC(=O)c1nc(Cl)nc2c1COCC2. The second kappa shape index (κ2) is 4.12. The lowest BCUT2D eigenvalue weighted by molar-refractivity contribution is 0.0578. The van der Waals surface area contributed by atoms with E-state index in [1.807, 2.05) is 0 Å². The zero-order chi connectivity index (χ0) is 10.8. The molecule has 0 atom stereocenters. The molecule has 0 saturated heterocycles. The molecule has 0 spiro atoms. The molecule has 1 aliphatic rings. The van der Waals surface area contributed by atoms with Crippen molar-refractivity contribution in [2.75, 3.05) is 13.7 Å². The van der Waals surface area contributed by atoms with E-state index in [0.717, 1.165) is 5.69 Å². The number of esters is 1. The molecule has 0 bridgehead atoms. The van der Waals surface area contributed by atoms with Crippen molar-refractivity contribution in [2.45, 2.75) is 13.0 Å². The molecule has 0 amide bonds. The van der Waals surface area contributed by atoms with Gasteiger partial charge < -0.3 is 9.47 Å². The first kappa shape index (κ1) is 10.3. The lowest BCUT2D eigenvalue weighted by atomic mass is 10.1. The minimum absolute atomic E-state index is 0.0658. The van der Waals surface area contributed by atoms with Crippen molar-refractivity contribution in [3.63, 3.8) is 0 Å². The lowest BCUT2D eigenvalue weighted by Gasteiger charge is -2.17. The number of nitrogens with zero attached hydrogens (tertiary/aromatic N) is 2. The maximum absolute atomic E-state index is 11.4. The van der Waals surface area contributed by atoms with E-state index < -0.39 is 5.97 Å². The van der Waals surface area contributed by atoms with Gasteiger partial charge >= 0.3 is 5.97 Å². The van der Waals surface area contributed by atoms with Gasteiger partial charge in [-0.15, -0.1) is 0 Å². The minimum atomic E-state index is -0.513. The standard InChI is InChI=1S/C9H9ClN2O3/c1-14-8(13)7-5-4-15-3-2-6(5)11-9(10)12-7/h2-4H2,1H3. The summed E-state index contributed by atoms with van der Waals surface area (Å²) in [6.07, 6.45) is 0.640. The molecule has 6 heteroatoms. The molecule has 0 saturated carbocycles. The molecule has 1 aromatic heterocycles. The molecule has 1 aliphatic heterocycles. The Kier molecular flexibility index (Phi) is 2.83. The number of carbonyl (C=O) groups is 1. The normalized spacial score (nSPS) is 14.5. The number of hydrogen-bond donors (Lipinski definition) is 0. The van der Waals surface area contributed by atoms with Crippen LogP contribution in [0.15, 0.2) is 0 Å². The van der Waals surface area contributed by atoms with E-state index in [-0.39, 0.29) is 11.0 Å². The zero-order valence-electron chi connectivity index (χ0n) is 8.12. The van der Waals surface area contributed by atoms with Crippen molar-refractivity contribution in [1.82, 2.24) is 9.97 Å². The summed E-state index contributed by atoms with van der Waals surface area (Å²) < 4.78 is 9.85. The predicted molar refractivity (Wildman–Crippen MR) is 51.7 cm³/mol. The minimum Gasteiger partial charge on any atom is -0.464 e. The van der Waals surface area contributed by atoms with Crippen LogP contribution < -0.4 is 0 Å². The van der Waals surface area contributed by atoms with Crippen LogP contribution in [0, 0.1) is 0 Å². The van der Waals surface area contributed by atoms with E-state index in [9.17, 15) is 4.79 Å². The summed E-state index contributed by atoms with van der Waals surface area (Å²) in [5.74, 6) is -0.513. The third-order valence-electron chi connectivity index (χ3n) is 2.17. The molecule has 0 aromatic carbocycles. The first-order valence-electron chi connectivity index (χ1n) is 4.43. The maximum Gasteiger partial charge on any atom is 0.357 e. The van der Waals surface area contributed by atoms with E-state index in [2.05, 4.69) is 14.7 Å². The summed E-state index contributed by atoms with van der Waals surface area (Å²) in [7, 11) is 1.30. The first-order chi connectivity index (χ1) is 7.22. The molecule has 5 nitrogen and oxygen atoms in total. The Morgan fingerprint density at radius 3 is 3.07 bits per heavy atom. The van der Waals surface area contributed by atoms with Gasteiger partial charge in [-0.25, -0.2) is 14.8 Å². The summed E-state index contributed by atoms with van der Waals surface area (Å²) in [4.78, 5) is 19.3. The molecule has 0 radical (unpaired) electrons. The smallest absolute Gasteiger partial charge is 0.357 e. The fourth-order valence-corrected chi connectivity index (χ4v) is 1.65. The Morgan fingerprint density at radius 1 is 1.53 bits per heavy atom. The maximum atomic E-state index is 11.4. The molecular weight excluding hydrogens is 220 g/mol. The van der Waals surface area contributed by atoms with Gasteiger partial charge in [-0.1, -0.05) is 0 Å². The van der Waals surface area contributed by atoms with Gasteiger partial charge in [0.25, 0.3) is 0 Å². The van der Waals surface area contributed by atoms with Crippen molar-refractivity contribution in [1.29, 1.82) is 0 Å². The Labute approximate surface area is 91.4 Å². The van der Waals surface area contributed by atoms with Gasteiger partial charge in [-0.05, 0) is 11.6 Å². The first-order valence-corrected chi connectivity index (χ1v) is 4.81. The van der Waals surface area contributed by atoms with Crippen molar-refractivity contribution >= 4 is 17.6 Å². The Morgan fingerprint density at radius 2 is 2.33 bits per heavy atom. The largest absolute Gasteiger partial charge is 0.464 e. The van der Waals surface area contributed by atoms with Crippen LogP contribution in [0.1, 0.15) is 21.7 Å². The highest BCUT2D eigenvalue weighted by Crippen LogP contribution is 2.20. The van der Waals surface area contributed by atoms with Crippen LogP contribution in [0.4, 0.5) is 0 Å². The quantitative estimate of drug-likeness (QED) is 0.530. The van der Waals surface area contributed by atoms with E-state index in [0.29, 0.717) is 25.2 Å².